The molecule has 2 nitrogen and oxygen atoms in total. The molecule has 0 amide bonds. The van der Waals surface area contributed by atoms with Crippen LogP contribution < -0.4 is 0 Å². The van der Waals surface area contributed by atoms with Crippen molar-refractivity contribution in [3.8, 4) is 0 Å². The average Bonchev–Trinajstić information content (AvgIpc) is 2.18. The zero-order valence-corrected chi connectivity index (χ0v) is 10.4. The van der Waals surface area contributed by atoms with Crippen molar-refractivity contribution in [3.05, 3.63) is 11.6 Å². The second kappa shape index (κ2) is 5.40. The van der Waals surface area contributed by atoms with E-state index >= 15 is 0 Å². The summed E-state index contributed by atoms with van der Waals surface area (Å²) < 4.78 is 5.32. The van der Waals surface area contributed by atoms with Gasteiger partial charge in [0.15, 0.2) is 10.8 Å². The van der Waals surface area contributed by atoms with Gasteiger partial charge in [0, 0.05) is 13.3 Å². The van der Waals surface area contributed by atoms with E-state index in [1.165, 1.54) is 0 Å². The van der Waals surface area contributed by atoms with Crippen LogP contribution in [-0.4, -0.2) is 17.4 Å². The van der Waals surface area contributed by atoms with Gasteiger partial charge < -0.3 is 4.74 Å². The molecular weight excluding hydrogens is 208 g/mol. The summed E-state index contributed by atoms with van der Waals surface area (Å²) in [6, 6.07) is 0. The standard InChI is InChI=1S/C12H18O2S/c1-8-4-5-11(6-12(8)13)9(2)7-14-10(3)15/h4,9,11H,5-7H2,1-3H3. The number of carbonyl (C=O) groups is 1. The quantitative estimate of drug-likeness (QED) is 0.692. The molecule has 2 unspecified atom stereocenters. The van der Waals surface area contributed by atoms with Crippen LogP contribution in [0.4, 0.5) is 0 Å². The van der Waals surface area contributed by atoms with Crippen molar-refractivity contribution in [2.75, 3.05) is 6.61 Å². The highest BCUT2D eigenvalue weighted by Crippen LogP contribution is 2.27. The van der Waals surface area contributed by atoms with Crippen molar-refractivity contribution in [3.63, 3.8) is 0 Å². The van der Waals surface area contributed by atoms with Gasteiger partial charge in [0.1, 0.15) is 0 Å². The third kappa shape index (κ3) is 3.74. The maximum atomic E-state index is 11.5. The van der Waals surface area contributed by atoms with Crippen LogP contribution >= 0.6 is 12.2 Å². The molecule has 0 fully saturated rings. The van der Waals surface area contributed by atoms with Gasteiger partial charge in [-0.15, -0.1) is 0 Å². The summed E-state index contributed by atoms with van der Waals surface area (Å²) in [4.78, 5) is 11.5. The Balaban J connectivity index is 2.45. The smallest absolute Gasteiger partial charge is 0.158 e. The maximum Gasteiger partial charge on any atom is 0.158 e. The van der Waals surface area contributed by atoms with Crippen molar-refractivity contribution in [1.29, 1.82) is 0 Å². The first-order chi connectivity index (χ1) is 7.00. The van der Waals surface area contributed by atoms with E-state index < -0.39 is 0 Å². The molecule has 0 saturated heterocycles. The van der Waals surface area contributed by atoms with Crippen LogP contribution in [0, 0.1) is 11.8 Å². The molecule has 0 bridgehead atoms. The monoisotopic (exact) mass is 226 g/mol. The van der Waals surface area contributed by atoms with Crippen LogP contribution in [0.2, 0.25) is 0 Å². The van der Waals surface area contributed by atoms with Crippen LogP contribution in [-0.2, 0) is 9.53 Å². The number of hydrogen-bond acceptors (Lipinski definition) is 3. The Morgan fingerprint density at radius 2 is 2.40 bits per heavy atom. The molecule has 1 rings (SSSR count). The third-order valence-electron chi connectivity index (χ3n) is 2.97. The summed E-state index contributed by atoms with van der Waals surface area (Å²) in [5.74, 6) is 1.07. The molecule has 3 heteroatoms. The van der Waals surface area contributed by atoms with E-state index in [1.807, 2.05) is 13.0 Å². The highest BCUT2D eigenvalue weighted by Gasteiger charge is 2.24. The van der Waals surface area contributed by atoms with Crippen molar-refractivity contribution < 1.29 is 9.53 Å². The normalized spacial score (nSPS) is 23.3. The van der Waals surface area contributed by atoms with Gasteiger partial charge >= 0.3 is 0 Å². The minimum atomic E-state index is 0.275. The minimum absolute atomic E-state index is 0.275. The van der Waals surface area contributed by atoms with E-state index in [0.717, 1.165) is 12.0 Å². The van der Waals surface area contributed by atoms with E-state index in [1.54, 1.807) is 6.92 Å². The Kier molecular flexibility index (Phi) is 4.45. The molecule has 1 aliphatic carbocycles. The second-order valence-electron chi connectivity index (χ2n) is 4.29. The van der Waals surface area contributed by atoms with E-state index in [4.69, 9.17) is 17.0 Å². The van der Waals surface area contributed by atoms with Crippen molar-refractivity contribution in [1.82, 2.24) is 0 Å². The minimum Gasteiger partial charge on any atom is -0.487 e. The summed E-state index contributed by atoms with van der Waals surface area (Å²) in [5, 5.41) is 0.579. The molecule has 0 N–H and O–H groups in total. The summed E-state index contributed by atoms with van der Waals surface area (Å²) in [6.07, 6.45) is 3.68. The van der Waals surface area contributed by atoms with E-state index in [0.29, 0.717) is 29.9 Å². The average molecular weight is 226 g/mol. The lowest BCUT2D eigenvalue weighted by atomic mass is 9.81. The fraction of sp³-hybridized carbons (Fsp3) is 0.667. The predicted molar refractivity (Wildman–Crippen MR) is 64.9 cm³/mol. The van der Waals surface area contributed by atoms with Crippen LogP contribution in [0.15, 0.2) is 11.6 Å². The highest BCUT2D eigenvalue weighted by molar-refractivity contribution is 7.80. The number of hydrogen-bond donors (Lipinski definition) is 0. The highest BCUT2D eigenvalue weighted by atomic mass is 32.1. The molecule has 15 heavy (non-hydrogen) atoms. The number of rotatable bonds is 3. The molecule has 1 aliphatic rings. The lowest BCUT2D eigenvalue weighted by Gasteiger charge is -2.25. The van der Waals surface area contributed by atoms with Crippen molar-refractivity contribution >= 4 is 23.1 Å². The molecule has 84 valence electrons. The Morgan fingerprint density at radius 3 is 2.93 bits per heavy atom. The zero-order valence-electron chi connectivity index (χ0n) is 9.58. The summed E-state index contributed by atoms with van der Waals surface area (Å²) in [6.45, 7) is 6.41. The molecule has 0 saturated carbocycles. The van der Waals surface area contributed by atoms with Crippen molar-refractivity contribution in [2.45, 2.75) is 33.6 Å². The summed E-state index contributed by atoms with van der Waals surface area (Å²) in [5.41, 5.74) is 0.908. The first-order valence-electron chi connectivity index (χ1n) is 5.34. The number of carbonyl (C=O) groups excluding carboxylic acids is 1. The van der Waals surface area contributed by atoms with Crippen molar-refractivity contribution in [2.24, 2.45) is 11.8 Å². The fourth-order valence-corrected chi connectivity index (χ4v) is 1.81. The molecule has 0 radical (unpaired) electrons. The fourth-order valence-electron chi connectivity index (χ4n) is 1.74. The number of ether oxygens (including phenoxy) is 1. The van der Waals surface area contributed by atoms with Crippen LogP contribution in [0.1, 0.15) is 33.6 Å². The first-order valence-corrected chi connectivity index (χ1v) is 5.75. The molecule has 0 aromatic rings. The Bertz CT molecular complexity index is 294. The Hall–Kier alpha value is -0.700. The van der Waals surface area contributed by atoms with Gasteiger partial charge in [-0.25, -0.2) is 0 Å². The largest absolute Gasteiger partial charge is 0.487 e. The van der Waals surface area contributed by atoms with Gasteiger partial charge in [-0.2, -0.15) is 0 Å². The molecule has 0 heterocycles. The molecule has 0 spiro atoms. The van der Waals surface area contributed by atoms with Gasteiger partial charge in [0.25, 0.3) is 0 Å². The van der Waals surface area contributed by atoms with Gasteiger partial charge in [-0.1, -0.05) is 13.0 Å². The zero-order chi connectivity index (χ0) is 11.4. The molecule has 0 aromatic heterocycles. The molecule has 0 aliphatic heterocycles. The Morgan fingerprint density at radius 1 is 1.73 bits per heavy atom. The lowest BCUT2D eigenvalue weighted by molar-refractivity contribution is -0.117. The van der Waals surface area contributed by atoms with E-state index in [2.05, 4.69) is 6.92 Å². The predicted octanol–water partition coefficient (Wildman–Crippen LogP) is 2.91. The van der Waals surface area contributed by atoms with Crippen LogP contribution in [0.3, 0.4) is 0 Å². The SMILES string of the molecule is CC(=S)OCC(C)C1CC=C(C)C(=O)C1. The molecule has 2 atom stereocenters. The second-order valence-corrected chi connectivity index (χ2v) is 4.87. The van der Waals surface area contributed by atoms with Gasteiger partial charge in [0.05, 0.1) is 6.61 Å². The lowest BCUT2D eigenvalue weighted by Crippen LogP contribution is -2.24. The van der Waals surface area contributed by atoms with Crippen LogP contribution in [0.5, 0.6) is 0 Å². The number of Topliss-reactive ketones (excluding diaryl/α,β-unsaturated/α-hetero) is 1. The maximum absolute atomic E-state index is 11.5. The number of thiocarbonyl (C=S) groups is 1. The number of ketones is 1. The topological polar surface area (TPSA) is 26.3 Å². The Labute approximate surface area is 96.7 Å². The summed E-state index contributed by atoms with van der Waals surface area (Å²) >= 11 is 4.86. The molecular formula is C12H18O2S. The van der Waals surface area contributed by atoms with Gasteiger partial charge in [0.2, 0.25) is 0 Å². The summed E-state index contributed by atoms with van der Waals surface area (Å²) in [7, 11) is 0. The first kappa shape index (κ1) is 12.4. The number of allylic oxidation sites excluding steroid dienone is 2. The van der Waals surface area contributed by atoms with E-state index in [-0.39, 0.29) is 5.78 Å². The molecule has 0 aromatic carbocycles. The van der Waals surface area contributed by atoms with E-state index in [9.17, 15) is 4.79 Å². The van der Waals surface area contributed by atoms with Gasteiger partial charge in [-0.3, -0.25) is 4.79 Å². The van der Waals surface area contributed by atoms with Gasteiger partial charge in [-0.05, 0) is 43.0 Å². The third-order valence-corrected chi connectivity index (χ3v) is 3.09. The van der Waals surface area contributed by atoms with Crippen LogP contribution in [0.25, 0.3) is 0 Å².